The van der Waals surface area contributed by atoms with E-state index in [0.29, 0.717) is 10.9 Å². The summed E-state index contributed by atoms with van der Waals surface area (Å²) in [7, 11) is 0. The highest BCUT2D eigenvalue weighted by molar-refractivity contribution is 9.10. The summed E-state index contributed by atoms with van der Waals surface area (Å²) in [4.78, 5) is 0. The third-order valence-corrected chi connectivity index (χ3v) is 2.31. The summed E-state index contributed by atoms with van der Waals surface area (Å²) < 4.78 is 13.5. The van der Waals surface area contributed by atoms with Crippen molar-refractivity contribution in [3.63, 3.8) is 0 Å². The van der Waals surface area contributed by atoms with Gasteiger partial charge >= 0.3 is 0 Å². The normalized spacial score (nSPS) is 11.8. The minimum atomic E-state index is -0.262. The number of benzene rings is 1. The Morgan fingerprint density at radius 1 is 1.62 bits per heavy atom. The van der Waals surface area contributed by atoms with E-state index in [4.69, 9.17) is 5.84 Å². The number of nitrogens with zero attached hydrogens (tertiary/aromatic N) is 1. The molecule has 2 N–H and O–H groups in total. The van der Waals surface area contributed by atoms with Crippen molar-refractivity contribution < 1.29 is 4.39 Å². The van der Waals surface area contributed by atoms with Crippen LogP contribution in [0.5, 0.6) is 0 Å². The molecule has 0 saturated carbocycles. The van der Waals surface area contributed by atoms with Gasteiger partial charge in [0.1, 0.15) is 5.82 Å². The summed E-state index contributed by atoms with van der Waals surface area (Å²) in [5.41, 5.74) is 1.65. The molecule has 0 aromatic heterocycles. The Labute approximate surface area is 84.8 Å². The Kier molecular flexibility index (Phi) is 3.42. The van der Waals surface area contributed by atoms with Crippen molar-refractivity contribution >= 4 is 21.6 Å². The highest BCUT2D eigenvalue weighted by Gasteiger charge is 2.01. The van der Waals surface area contributed by atoms with Crippen LogP contribution in [0.4, 0.5) is 4.39 Å². The predicted molar refractivity (Wildman–Crippen MR) is 55.1 cm³/mol. The van der Waals surface area contributed by atoms with Gasteiger partial charge < -0.3 is 5.84 Å². The van der Waals surface area contributed by atoms with Crippen molar-refractivity contribution in [1.82, 2.24) is 0 Å². The smallest absolute Gasteiger partial charge is 0.137 e. The van der Waals surface area contributed by atoms with Gasteiger partial charge in [0.25, 0.3) is 0 Å². The molecule has 0 spiro atoms. The molecule has 1 aromatic rings. The van der Waals surface area contributed by atoms with E-state index in [9.17, 15) is 4.39 Å². The molecule has 0 amide bonds. The summed E-state index contributed by atoms with van der Waals surface area (Å²) in [6.07, 6.45) is 0.584. The van der Waals surface area contributed by atoms with Gasteiger partial charge in [0.2, 0.25) is 0 Å². The molecular weight excluding hydrogens is 235 g/mol. The lowest BCUT2D eigenvalue weighted by molar-refractivity contribution is 0.619. The van der Waals surface area contributed by atoms with Crippen LogP contribution in [-0.4, -0.2) is 5.71 Å². The Bertz CT molecular complexity index is 336. The van der Waals surface area contributed by atoms with Gasteiger partial charge in [0, 0.05) is 12.1 Å². The van der Waals surface area contributed by atoms with Crippen molar-refractivity contribution in [2.75, 3.05) is 0 Å². The van der Waals surface area contributed by atoms with Gasteiger partial charge in [-0.05, 0) is 40.5 Å². The highest BCUT2D eigenvalue weighted by atomic mass is 79.9. The largest absolute Gasteiger partial charge is 0.323 e. The highest BCUT2D eigenvalue weighted by Crippen LogP contribution is 2.16. The number of hydrogen-bond acceptors (Lipinski definition) is 2. The summed E-state index contributed by atoms with van der Waals surface area (Å²) in [5, 5.41) is 3.52. The van der Waals surface area contributed by atoms with Crippen LogP contribution in [0.3, 0.4) is 0 Å². The molecular formula is C9H10BrFN2. The zero-order chi connectivity index (χ0) is 9.84. The van der Waals surface area contributed by atoms with Gasteiger partial charge in [-0.2, -0.15) is 5.10 Å². The van der Waals surface area contributed by atoms with Crippen LogP contribution in [0.15, 0.2) is 27.8 Å². The van der Waals surface area contributed by atoms with Crippen LogP contribution in [0.1, 0.15) is 12.5 Å². The van der Waals surface area contributed by atoms with Crippen molar-refractivity contribution in [2.45, 2.75) is 13.3 Å². The lowest BCUT2D eigenvalue weighted by Crippen LogP contribution is -2.01. The van der Waals surface area contributed by atoms with E-state index >= 15 is 0 Å². The summed E-state index contributed by atoms with van der Waals surface area (Å²) in [6.45, 7) is 1.81. The van der Waals surface area contributed by atoms with Crippen molar-refractivity contribution in [1.29, 1.82) is 0 Å². The summed E-state index contributed by atoms with van der Waals surface area (Å²) >= 11 is 3.08. The minimum Gasteiger partial charge on any atom is -0.323 e. The molecule has 2 nitrogen and oxygen atoms in total. The van der Waals surface area contributed by atoms with Gasteiger partial charge in [0.15, 0.2) is 0 Å². The molecule has 0 fully saturated rings. The third-order valence-electron chi connectivity index (χ3n) is 1.66. The second-order valence-electron chi connectivity index (χ2n) is 2.79. The molecule has 0 aliphatic rings. The molecule has 0 aliphatic heterocycles. The van der Waals surface area contributed by atoms with E-state index in [0.717, 1.165) is 11.3 Å². The van der Waals surface area contributed by atoms with Crippen LogP contribution in [0.2, 0.25) is 0 Å². The number of rotatable bonds is 2. The number of hydrazone groups is 1. The maximum Gasteiger partial charge on any atom is 0.137 e. The molecule has 0 atom stereocenters. The molecule has 0 radical (unpaired) electrons. The first-order valence-electron chi connectivity index (χ1n) is 3.80. The van der Waals surface area contributed by atoms with E-state index in [-0.39, 0.29) is 5.82 Å². The van der Waals surface area contributed by atoms with Gasteiger partial charge in [0.05, 0.1) is 4.47 Å². The van der Waals surface area contributed by atoms with E-state index in [1.54, 1.807) is 13.0 Å². The molecule has 0 bridgehead atoms. The monoisotopic (exact) mass is 244 g/mol. The van der Waals surface area contributed by atoms with Gasteiger partial charge in [-0.25, -0.2) is 4.39 Å². The summed E-state index contributed by atoms with van der Waals surface area (Å²) in [5.74, 6) is 4.81. The molecule has 13 heavy (non-hydrogen) atoms. The molecule has 0 aliphatic carbocycles. The standard InChI is InChI=1S/C9H10BrFN2/c1-6(13-12)4-7-2-3-8(10)9(11)5-7/h2-3,5H,4,12H2,1H3/b13-6-. The van der Waals surface area contributed by atoms with E-state index < -0.39 is 0 Å². The molecule has 0 saturated heterocycles. The second kappa shape index (κ2) is 4.37. The maximum atomic E-state index is 13.0. The zero-order valence-corrected chi connectivity index (χ0v) is 8.81. The van der Waals surface area contributed by atoms with Crippen LogP contribution in [0.25, 0.3) is 0 Å². The molecule has 0 heterocycles. The van der Waals surface area contributed by atoms with Crippen LogP contribution < -0.4 is 5.84 Å². The average Bonchev–Trinajstić information content (AvgIpc) is 2.11. The van der Waals surface area contributed by atoms with Gasteiger partial charge in [-0.1, -0.05) is 6.07 Å². The van der Waals surface area contributed by atoms with Crippen molar-refractivity contribution in [2.24, 2.45) is 10.9 Å². The zero-order valence-electron chi connectivity index (χ0n) is 7.22. The Morgan fingerprint density at radius 2 is 2.31 bits per heavy atom. The van der Waals surface area contributed by atoms with E-state index in [1.165, 1.54) is 6.07 Å². The average molecular weight is 245 g/mol. The Morgan fingerprint density at radius 3 is 2.85 bits per heavy atom. The molecule has 4 heteroatoms. The summed E-state index contributed by atoms with van der Waals surface area (Å²) in [6, 6.07) is 4.98. The topological polar surface area (TPSA) is 38.4 Å². The van der Waals surface area contributed by atoms with Gasteiger partial charge in [-0.3, -0.25) is 0 Å². The first-order chi connectivity index (χ1) is 6.13. The maximum absolute atomic E-state index is 13.0. The Balaban J connectivity index is 2.86. The lowest BCUT2D eigenvalue weighted by atomic mass is 10.1. The van der Waals surface area contributed by atoms with Gasteiger partial charge in [-0.15, -0.1) is 0 Å². The molecule has 1 rings (SSSR count). The van der Waals surface area contributed by atoms with E-state index in [1.807, 2.05) is 6.07 Å². The number of halogens is 2. The predicted octanol–water partition coefficient (Wildman–Crippen LogP) is 2.47. The lowest BCUT2D eigenvalue weighted by Gasteiger charge is -2.01. The van der Waals surface area contributed by atoms with Crippen molar-refractivity contribution in [3.05, 3.63) is 34.1 Å². The fourth-order valence-corrected chi connectivity index (χ4v) is 1.24. The molecule has 70 valence electrons. The Hall–Kier alpha value is -0.900. The third kappa shape index (κ3) is 2.81. The minimum absolute atomic E-state index is 0.262. The van der Waals surface area contributed by atoms with Crippen molar-refractivity contribution in [3.8, 4) is 0 Å². The van der Waals surface area contributed by atoms with Crippen LogP contribution >= 0.6 is 15.9 Å². The number of nitrogens with two attached hydrogens (primary N) is 1. The molecule has 0 unspecified atom stereocenters. The van der Waals surface area contributed by atoms with Crippen LogP contribution in [0, 0.1) is 5.82 Å². The fourth-order valence-electron chi connectivity index (χ4n) is 0.991. The fraction of sp³-hybridized carbons (Fsp3) is 0.222. The van der Waals surface area contributed by atoms with Crippen LogP contribution in [-0.2, 0) is 6.42 Å². The SMILES string of the molecule is C/C(Cc1ccc(Br)c(F)c1)=N/N. The first kappa shape index (κ1) is 10.2. The van der Waals surface area contributed by atoms with E-state index in [2.05, 4.69) is 21.0 Å². The quantitative estimate of drug-likeness (QED) is 0.485. The first-order valence-corrected chi connectivity index (χ1v) is 4.60. The number of hydrogen-bond donors (Lipinski definition) is 1. The second-order valence-corrected chi connectivity index (χ2v) is 3.64. The molecule has 1 aromatic carbocycles.